The van der Waals surface area contributed by atoms with E-state index < -0.39 is 0 Å². The molecule has 0 amide bonds. The van der Waals surface area contributed by atoms with Crippen molar-refractivity contribution in [2.24, 2.45) is 5.41 Å². The first kappa shape index (κ1) is 34.1. The van der Waals surface area contributed by atoms with Crippen LogP contribution in [0.15, 0.2) is 73.0 Å². The third-order valence-electron chi connectivity index (χ3n) is 8.86. The molecule has 41 heavy (non-hydrogen) atoms. The van der Waals surface area contributed by atoms with E-state index in [-0.39, 0.29) is 28.8 Å². The van der Waals surface area contributed by atoms with Crippen LogP contribution in [0.2, 0.25) is 0 Å². The predicted molar refractivity (Wildman–Crippen MR) is 178 cm³/mol. The van der Waals surface area contributed by atoms with Gasteiger partial charge in [0.1, 0.15) is 5.82 Å². The first-order chi connectivity index (χ1) is 19.5. The van der Waals surface area contributed by atoms with Crippen LogP contribution in [0.25, 0.3) is 17.2 Å². The van der Waals surface area contributed by atoms with Gasteiger partial charge in [-0.25, -0.2) is 4.39 Å². The maximum Gasteiger partial charge on any atom is 0.127 e. The van der Waals surface area contributed by atoms with Gasteiger partial charge in [-0.1, -0.05) is 122 Å². The van der Waals surface area contributed by atoms with E-state index >= 15 is 0 Å². The molecule has 3 aromatic rings. The van der Waals surface area contributed by atoms with E-state index in [9.17, 15) is 9.50 Å². The van der Waals surface area contributed by atoms with Gasteiger partial charge in [-0.15, -0.1) is 0 Å². The summed E-state index contributed by atoms with van der Waals surface area (Å²) in [4.78, 5) is 0. The Kier molecular flexibility index (Phi) is 12.6. The molecule has 1 unspecified atom stereocenters. The lowest BCUT2D eigenvalue weighted by Crippen LogP contribution is -2.26. The summed E-state index contributed by atoms with van der Waals surface area (Å²) in [7, 11) is 0. The molecule has 3 rings (SSSR count). The van der Waals surface area contributed by atoms with Gasteiger partial charge in [0.25, 0.3) is 0 Å². The summed E-state index contributed by atoms with van der Waals surface area (Å²) in [5, 5.41) is 9.46. The number of rotatable bonds is 12. The lowest BCUT2D eigenvalue weighted by atomic mass is 9.69. The zero-order valence-corrected chi connectivity index (χ0v) is 27.1. The van der Waals surface area contributed by atoms with Crippen molar-refractivity contribution in [3.8, 4) is 11.1 Å². The quantitative estimate of drug-likeness (QED) is 0.220. The van der Waals surface area contributed by atoms with Crippen molar-refractivity contribution in [1.82, 2.24) is 0 Å². The Morgan fingerprint density at radius 1 is 0.854 bits per heavy atom. The molecule has 222 valence electrons. The van der Waals surface area contributed by atoms with Gasteiger partial charge in [-0.3, -0.25) is 0 Å². The summed E-state index contributed by atoms with van der Waals surface area (Å²) >= 11 is 0. The van der Waals surface area contributed by atoms with Gasteiger partial charge in [0.15, 0.2) is 0 Å². The fraction of sp³-hybridized carbons (Fsp3) is 0.436. The topological polar surface area (TPSA) is 20.2 Å². The minimum absolute atomic E-state index is 0.0344. The molecule has 0 aliphatic rings. The zero-order valence-electron chi connectivity index (χ0n) is 27.1. The highest BCUT2D eigenvalue weighted by molar-refractivity contribution is 5.69. The third kappa shape index (κ3) is 8.00. The summed E-state index contributed by atoms with van der Waals surface area (Å²) < 4.78 is 14.7. The molecule has 0 aliphatic heterocycles. The molecule has 0 bridgehead atoms. The van der Waals surface area contributed by atoms with Crippen LogP contribution in [0.1, 0.15) is 114 Å². The molecule has 0 saturated heterocycles. The van der Waals surface area contributed by atoms with Crippen molar-refractivity contribution < 1.29 is 9.50 Å². The smallest absolute Gasteiger partial charge is 0.127 e. The molecular weight excluding hydrogens is 503 g/mol. The van der Waals surface area contributed by atoms with E-state index in [2.05, 4.69) is 104 Å². The fourth-order valence-corrected chi connectivity index (χ4v) is 6.00. The van der Waals surface area contributed by atoms with E-state index in [1.165, 1.54) is 35.1 Å². The minimum atomic E-state index is -0.318. The molecule has 0 aliphatic carbocycles. The summed E-state index contributed by atoms with van der Waals surface area (Å²) in [6.45, 7) is 23.3. The van der Waals surface area contributed by atoms with Gasteiger partial charge in [0.05, 0.1) is 5.76 Å². The van der Waals surface area contributed by atoms with Crippen LogP contribution in [0.3, 0.4) is 0 Å². The third-order valence-corrected chi connectivity index (χ3v) is 8.86. The molecule has 0 spiro atoms. The zero-order chi connectivity index (χ0) is 30.8. The van der Waals surface area contributed by atoms with Gasteiger partial charge < -0.3 is 5.11 Å². The van der Waals surface area contributed by atoms with Gasteiger partial charge in [-0.05, 0) is 95.5 Å². The average molecular weight is 557 g/mol. The summed E-state index contributed by atoms with van der Waals surface area (Å²) in [6.07, 6.45) is 10.4. The van der Waals surface area contributed by atoms with Gasteiger partial charge >= 0.3 is 0 Å². The standard InChI is InChI=1S/C37H47FO.C2H6/c1-9-20-36(8,10-2)21-19-29-15-16-32(22-26(29)5)37(11-3,12-4)33-17-18-34(27(6)23-33)30-13-14-31(24-28(7)39)35(38)25-30;1-2/h13-19,21-23,25,39H,7,9-12,20,24H2,1-6,8H3;1-2H3/b21-19+;. The Labute approximate surface area is 250 Å². The Hall–Kier alpha value is -3.13. The monoisotopic (exact) mass is 556 g/mol. The van der Waals surface area contributed by atoms with Crippen molar-refractivity contribution >= 4 is 6.08 Å². The predicted octanol–water partition coefficient (Wildman–Crippen LogP) is 12.1. The fourth-order valence-electron chi connectivity index (χ4n) is 6.00. The lowest BCUT2D eigenvalue weighted by Gasteiger charge is -2.34. The number of hydrogen-bond acceptors (Lipinski definition) is 1. The van der Waals surface area contributed by atoms with Crippen LogP contribution in [0.4, 0.5) is 4.39 Å². The Balaban J connectivity index is 0.00000287. The van der Waals surface area contributed by atoms with E-state index in [0.717, 1.165) is 36.0 Å². The lowest BCUT2D eigenvalue weighted by molar-refractivity contribution is 0.374. The van der Waals surface area contributed by atoms with E-state index in [1.54, 1.807) is 12.1 Å². The Morgan fingerprint density at radius 3 is 1.95 bits per heavy atom. The van der Waals surface area contributed by atoms with Crippen molar-refractivity contribution in [1.29, 1.82) is 0 Å². The molecule has 0 fully saturated rings. The van der Waals surface area contributed by atoms with Gasteiger partial charge in [0.2, 0.25) is 0 Å². The summed E-state index contributed by atoms with van der Waals surface area (Å²) in [5.74, 6) is -0.353. The molecule has 0 saturated carbocycles. The van der Waals surface area contributed by atoms with Crippen LogP contribution in [-0.2, 0) is 11.8 Å². The highest BCUT2D eigenvalue weighted by Gasteiger charge is 2.31. The molecule has 0 heterocycles. The second kappa shape index (κ2) is 15.2. The van der Waals surface area contributed by atoms with Gasteiger partial charge in [0, 0.05) is 11.8 Å². The molecule has 0 aromatic heterocycles. The Morgan fingerprint density at radius 2 is 1.46 bits per heavy atom. The van der Waals surface area contributed by atoms with Crippen LogP contribution < -0.4 is 0 Å². The molecule has 3 aromatic carbocycles. The van der Waals surface area contributed by atoms with Crippen molar-refractivity contribution in [3.05, 3.63) is 112 Å². The number of aliphatic hydroxyl groups is 1. The normalized spacial score (nSPS) is 13.0. The number of benzene rings is 3. The minimum Gasteiger partial charge on any atom is -0.513 e. The highest BCUT2D eigenvalue weighted by atomic mass is 19.1. The van der Waals surface area contributed by atoms with E-state index in [4.69, 9.17) is 0 Å². The second-order valence-electron chi connectivity index (χ2n) is 11.5. The van der Waals surface area contributed by atoms with Crippen LogP contribution >= 0.6 is 0 Å². The van der Waals surface area contributed by atoms with Crippen molar-refractivity contribution in [2.75, 3.05) is 0 Å². The molecule has 2 heteroatoms. The van der Waals surface area contributed by atoms with E-state index in [0.29, 0.717) is 5.56 Å². The first-order valence-electron chi connectivity index (χ1n) is 15.6. The SMILES string of the molecule is C=C(O)Cc1ccc(-c2ccc(C(CC)(CC)c3ccc(/C=C/C(C)(CC)CCC)c(C)c3)cc2C)cc1F.CC. The maximum absolute atomic E-state index is 14.7. The highest BCUT2D eigenvalue weighted by Crippen LogP contribution is 2.41. The van der Waals surface area contributed by atoms with Crippen LogP contribution in [-0.4, -0.2) is 5.11 Å². The average Bonchev–Trinajstić information content (AvgIpc) is 2.96. The number of halogens is 1. The number of allylic oxidation sites excluding steroid dienone is 2. The molecule has 1 atom stereocenters. The Bertz CT molecular complexity index is 1330. The number of aliphatic hydroxyl groups excluding tert-OH is 1. The molecule has 0 radical (unpaired) electrons. The van der Waals surface area contributed by atoms with Crippen LogP contribution in [0, 0.1) is 25.1 Å². The van der Waals surface area contributed by atoms with Crippen molar-refractivity contribution in [2.45, 2.75) is 106 Å². The summed E-state index contributed by atoms with van der Waals surface area (Å²) in [6, 6.07) is 18.8. The summed E-state index contributed by atoms with van der Waals surface area (Å²) in [5.41, 5.74) is 8.84. The maximum atomic E-state index is 14.7. The molecular formula is C39H53FO. The van der Waals surface area contributed by atoms with Gasteiger partial charge in [-0.2, -0.15) is 0 Å². The van der Waals surface area contributed by atoms with Crippen molar-refractivity contribution in [3.63, 3.8) is 0 Å². The number of hydrogen-bond donors (Lipinski definition) is 1. The van der Waals surface area contributed by atoms with Crippen LogP contribution in [0.5, 0.6) is 0 Å². The largest absolute Gasteiger partial charge is 0.513 e. The van der Waals surface area contributed by atoms with E-state index in [1.807, 2.05) is 19.9 Å². The molecule has 1 nitrogen and oxygen atoms in total. The second-order valence-corrected chi connectivity index (χ2v) is 11.5. The number of aryl methyl sites for hydroxylation is 2. The first-order valence-corrected chi connectivity index (χ1v) is 15.6. The molecule has 1 N–H and O–H groups in total.